The van der Waals surface area contributed by atoms with Crippen LogP contribution in [-0.4, -0.2) is 13.1 Å². The Kier molecular flexibility index (Phi) is 3.88. The van der Waals surface area contributed by atoms with Gasteiger partial charge in [0.05, 0.1) is 0 Å². The van der Waals surface area contributed by atoms with E-state index in [1.54, 1.807) is 0 Å². The molecule has 1 fully saturated rings. The smallest absolute Gasteiger partial charge is 0.00462 e. The number of piperidine rings is 1. The average molecular weight is 231 g/mol. The standard InChI is InChI=1S/C16H25N/c1-16(2,3)15-6-4-5-14(12-15)11-13-7-9-17-10-8-13/h4-6,12-13,17H,7-11H2,1-3H3. The van der Waals surface area contributed by atoms with Crippen molar-refractivity contribution in [3.8, 4) is 0 Å². The van der Waals surface area contributed by atoms with Gasteiger partial charge in [0, 0.05) is 0 Å². The molecule has 1 nitrogen and oxygen atoms in total. The predicted molar refractivity (Wildman–Crippen MR) is 74.4 cm³/mol. The molecule has 0 amide bonds. The van der Waals surface area contributed by atoms with E-state index in [4.69, 9.17) is 0 Å². The van der Waals surface area contributed by atoms with E-state index >= 15 is 0 Å². The summed E-state index contributed by atoms with van der Waals surface area (Å²) < 4.78 is 0. The molecule has 94 valence electrons. The molecular weight excluding hydrogens is 206 g/mol. The molecule has 1 aliphatic heterocycles. The van der Waals surface area contributed by atoms with Crippen LogP contribution in [0.25, 0.3) is 0 Å². The van der Waals surface area contributed by atoms with Crippen molar-refractivity contribution in [1.82, 2.24) is 5.32 Å². The minimum absolute atomic E-state index is 0.268. The van der Waals surface area contributed by atoms with Crippen molar-refractivity contribution in [1.29, 1.82) is 0 Å². The maximum atomic E-state index is 3.44. The summed E-state index contributed by atoms with van der Waals surface area (Å²) in [4.78, 5) is 0. The fourth-order valence-corrected chi connectivity index (χ4v) is 2.58. The Balaban J connectivity index is 2.05. The van der Waals surface area contributed by atoms with Crippen LogP contribution in [0.15, 0.2) is 24.3 Å². The van der Waals surface area contributed by atoms with Crippen LogP contribution in [0.3, 0.4) is 0 Å². The fourth-order valence-electron chi connectivity index (χ4n) is 2.58. The van der Waals surface area contributed by atoms with Gasteiger partial charge in [0.1, 0.15) is 0 Å². The van der Waals surface area contributed by atoms with Crippen LogP contribution in [0.5, 0.6) is 0 Å². The van der Waals surface area contributed by atoms with Crippen molar-refractivity contribution in [3.05, 3.63) is 35.4 Å². The summed E-state index contributed by atoms with van der Waals surface area (Å²) in [6, 6.07) is 9.17. The van der Waals surface area contributed by atoms with Crippen molar-refractivity contribution >= 4 is 0 Å². The van der Waals surface area contributed by atoms with Crippen LogP contribution in [0.4, 0.5) is 0 Å². The molecular formula is C16H25N. The second-order valence-corrected chi connectivity index (χ2v) is 6.35. The summed E-state index contributed by atoms with van der Waals surface area (Å²) in [6.45, 7) is 9.26. The van der Waals surface area contributed by atoms with Crippen LogP contribution >= 0.6 is 0 Å². The molecule has 1 heteroatoms. The summed E-state index contributed by atoms with van der Waals surface area (Å²) in [5, 5.41) is 3.44. The number of hydrogen-bond donors (Lipinski definition) is 1. The third kappa shape index (κ3) is 3.57. The highest BCUT2D eigenvalue weighted by Gasteiger charge is 2.16. The average Bonchev–Trinajstić information content (AvgIpc) is 2.29. The zero-order chi connectivity index (χ0) is 12.3. The molecule has 1 N–H and O–H groups in total. The summed E-state index contributed by atoms with van der Waals surface area (Å²) >= 11 is 0. The molecule has 0 spiro atoms. The zero-order valence-electron chi connectivity index (χ0n) is 11.4. The van der Waals surface area contributed by atoms with Gasteiger partial charge < -0.3 is 5.32 Å². The van der Waals surface area contributed by atoms with E-state index in [2.05, 4.69) is 50.4 Å². The molecule has 1 heterocycles. The molecule has 1 aliphatic rings. The van der Waals surface area contributed by atoms with E-state index in [1.165, 1.54) is 43.5 Å². The van der Waals surface area contributed by atoms with Gasteiger partial charge in [-0.25, -0.2) is 0 Å². The largest absolute Gasteiger partial charge is 0.317 e. The lowest BCUT2D eigenvalue weighted by Gasteiger charge is -2.24. The van der Waals surface area contributed by atoms with Gasteiger partial charge in [0.2, 0.25) is 0 Å². The summed E-state index contributed by atoms with van der Waals surface area (Å²) in [7, 11) is 0. The van der Waals surface area contributed by atoms with Crippen molar-refractivity contribution in [2.45, 2.75) is 45.4 Å². The van der Waals surface area contributed by atoms with Crippen molar-refractivity contribution in [2.75, 3.05) is 13.1 Å². The highest BCUT2D eigenvalue weighted by Crippen LogP contribution is 2.25. The fraction of sp³-hybridized carbons (Fsp3) is 0.625. The van der Waals surface area contributed by atoms with Gasteiger partial charge in [0.25, 0.3) is 0 Å². The second kappa shape index (κ2) is 5.22. The Bertz CT molecular complexity index is 356. The lowest BCUT2D eigenvalue weighted by molar-refractivity contribution is 0.372. The van der Waals surface area contributed by atoms with Gasteiger partial charge in [-0.3, -0.25) is 0 Å². The van der Waals surface area contributed by atoms with E-state index in [0.717, 1.165) is 5.92 Å². The zero-order valence-corrected chi connectivity index (χ0v) is 11.4. The third-order valence-corrected chi connectivity index (χ3v) is 3.78. The van der Waals surface area contributed by atoms with Gasteiger partial charge in [0.15, 0.2) is 0 Å². The Morgan fingerprint density at radius 2 is 1.88 bits per heavy atom. The van der Waals surface area contributed by atoms with E-state index in [1.807, 2.05) is 0 Å². The number of hydrogen-bond acceptors (Lipinski definition) is 1. The first kappa shape index (κ1) is 12.6. The van der Waals surface area contributed by atoms with E-state index < -0.39 is 0 Å². The second-order valence-electron chi connectivity index (χ2n) is 6.35. The van der Waals surface area contributed by atoms with E-state index in [9.17, 15) is 0 Å². The first-order chi connectivity index (χ1) is 8.05. The topological polar surface area (TPSA) is 12.0 Å². The number of benzene rings is 1. The van der Waals surface area contributed by atoms with E-state index in [-0.39, 0.29) is 5.41 Å². The molecule has 1 aromatic rings. The molecule has 0 bridgehead atoms. The molecule has 2 rings (SSSR count). The number of rotatable bonds is 2. The Hall–Kier alpha value is -0.820. The van der Waals surface area contributed by atoms with Crippen molar-refractivity contribution < 1.29 is 0 Å². The SMILES string of the molecule is CC(C)(C)c1cccc(CC2CCNCC2)c1. The minimum Gasteiger partial charge on any atom is -0.317 e. The van der Waals surface area contributed by atoms with Gasteiger partial charge in [-0.1, -0.05) is 45.0 Å². The summed E-state index contributed by atoms with van der Waals surface area (Å²) in [5.74, 6) is 0.881. The maximum Gasteiger partial charge on any atom is -0.00462 e. The predicted octanol–water partition coefficient (Wildman–Crippen LogP) is 3.53. The van der Waals surface area contributed by atoms with E-state index in [0.29, 0.717) is 0 Å². The molecule has 0 radical (unpaired) electrons. The van der Waals surface area contributed by atoms with Crippen molar-refractivity contribution in [2.24, 2.45) is 5.92 Å². The Morgan fingerprint density at radius 3 is 2.53 bits per heavy atom. The molecule has 17 heavy (non-hydrogen) atoms. The lowest BCUT2D eigenvalue weighted by atomic mass is 9.84. The molecule has 0 aliphatic carbocycles. The molecule has 0 unspecified atom stereocenters. The first-order valence-electron chi connectivity index (χ1n) is 6.86. The van der Waals surface area contributed by atoms with Crippen molar-refractivity contribution in [3.63, 3.8) is 0 Å². The van der Waals surface area contributed by atoms with Crippen LogP contribution in [-0.2, 0) is 11.8 Å². The third-order valence-electron chi connectivity index (χ3n) is 3.78. The van der Waals surface area contributed by atoms with Crippen LogP contribution in [0.1, 0.15) is 44.7 Å². The minimum atomic E-state index is 0.268. The Labute approximate surface area is 106 Å². The maximum absolute atomic E-state index is 3.44. The molecule has 0 saturated carbocycles. The van der Waals surface area contributed by atoms with Gasteiger partial charge in [-0.15, -0.1) is 0 Å². The molecule has 0 atom stereocenters. The highest BCUT2D eigenvalue weighted by atomic mass is 14.9. The number of nitrogens with one attached hydrogen (secondary N) is 1. The Morgan fingerprint density at radius 1 is 1.18 bits per heavy atom. The van der Waals surface area contributed by atoms with Crippen LogP contribution in [0.2, 0.25) is 0 Å². The normalized spacial score (nSPS) is 18.3. The quantitative estimate of drug-likeness (QED) is 0.821. The van der Waals surface area contributed by atoms with Crippen LogP contribution in [0, 0.1) is 5.92 Å². The van der Waals surface area contributed by atoms with Gasteiger partial charge in [-0.05, 0) is 54.8 Å². The monoisotopic (exact) mass is 231 g/mol. The highest BCUT2D eigenvalue weighted by molar-refractivity contribution is 5.28. The first-order valence-corrected chi connectivity index (χ1v) is 6.86. The van der Waals surface area contributed by atoms with Gasteiger partial charge >= 0.3 is 0 Å². The van der Waals surface area contributed by atoms with Gasteiger partial charge in [-0.2, -0.15) is 0 Å². The molecule has 1 aromatic carbocycles. The molecule has 1 saturated heterocycles. The van der Waals surface area contributed by atoms with Crippen LogP contribution < -0.4 is 5.32 Å². The summed E-state index contributed by atoms with van der Waals surface area (Å²) in [5.41, 5.74) is 3.25. The summed E-state index contributed by atoms with van der Waals surface area (Å²) in [6.07, 6.45) is 3.92. The lowest BCUT2D eigenvalue weighted by Crippen LogP contribution is -2.28. The molecule has 0 aromatic heterocycles.